The second kappa shape index (κ2) is 2.80. The van der Waals surface area contributed by atoms with Gasteiger partial charge in [0, 0.05) is 13.2 Å². The SMILES string of the molecule is NC(=O)C1(S)CCOCC1. The van der Waals surface area contributed by atoms with Gasteiger partial charge in [0.2, 0.25) is 5.91 Å². The highest BCUT2D eigenvalue weighted by Crippen LogP contribution is 2.26. The molecule has 2 N–H and O–H groups in total. The number of amides is 1. The number of carbonyl (C=O) groups excluding carboxylic acids is 1. The number of hydrogen-bond donors (Lipinski definition) is 2. The van der Waals surface area contributed by atoms with E-state index >= 15 is 0 Å². The molecule has 1 fully saturated rings. The van der Waals surface area contributed by atoms with Crippen molar-refractivity contribution >= 4 is 18.5 Å². The fourth-order valence-corrected chi connectivity index (χ4v) is 1.14. The molecule has 0 aromatic rings. The monoisotopic (exact) mass is 161 g/mol. The van der Waals surface area contributed by atoms with Gasteiger partial charge in [0.1, 0.15) is 0 Å². The van der Waals surface area contributed by atoms with Crippen LogP contribution in [-0.2, 0) is 9.53 Å². The first-order valence-corrected chi connectivity index (χ1v) is 3.70. The third-order valence-corrected chi connectivity index (χ3v) is 2.45. The average Bonchev–Trinajstić information content (AvgIpc) is 1.89. The van der Waals surface area contributed by atoms with Gasteiger partial charge >= 0.3 is 0 Å². The van der Waals surface area contributed by atoms with Gasteiger partial charge in [-0.1, -0.05) is 0 Å². The largest absolute Gasteiger partial charge is 0.381 e. The van der Waals surface area contributed by atoms with Crippen molar-refractivity contribution < 1.29 is 9.53 Å². The Balaban J connectivity index is 2.56. The number of ether oxygens (including phenoxy) is 1. The minimum atomic E-state index is -0.613. The molecule has 1 amide bonds. The van der Waals surface area contributed by atoms with E-state index in [1.165, 1.54) is 0 Å². The standard InChI is InChI=1S/C6H11NO2S/c7-5(8)6(10)1-3-9-4-2-6/h10H,1-4H2,(H2,7,8). The molecule has 0 radical (unpaired) electrons. The number of thiol groups is 1. The maximum atomic E-state index is 10.8. The lowest BCUT2D eigenvalue weighted by atomic mass is 9.99. The van der Waals surface area contributed by atoms with Crippen LogP contribution in [0.5, 0.6) is 0 Å². The van der Waals surface area contributed by atoms with Crippen LogP contribution in [-0.4, -0.2) is 23.9 Å². The predicted octanol–water partition coefficient (Wildman–Crippen LogP) is -0.0493. The van der Waals surface area contributed by atoms with Crippen LogP contribution < -0.4 is 5.73 Å². The normalized spacial score (nSPS) is 24.1. The molecule has 0 unspecified atom stereocenters. The Kier molecular flexibility index (Phi) is 2.21. The van der Waals surface area contributed by atoms with Crippen molar-refractivity contribution in [3.63, 3.8) is 0 Å². The second-order valence-corrected chi connectivity index (χ2v) is 3.36. The molecule has 1 aliphatic heterocycles. The molecule has 0 saturated carbocycles. The highest BCUT2D eigenvalue weighted by Gasteiger charge is 2.34. The average molecular weight is 161 g/mol. The molecule has 0 spiro atoms. The van der Waals surface area contributed by atoms with Gasteiger partial charge in [0.05, 0.1) is 4.75 Å². The van der Waals surface area contributed by atoms with E-state index in [2.05, 4.69) is 12.6 Å². The van der Waals surface area contributed by atoms with Crippen molar-refractivity contribution in [1.82, 2.24) is 0 Å². The summed E-state index contributed by atoms with van der Waals surface area (Å²) >= 11 is 4.19. The predicted molar refractivity (Wildman–Crippen MR) is 41.0 cm³/mol. The van der Waals surface area contributed by atoms with Gasteiger partial charge in [-0.3, -0.25) is 4.79 Å². The zero-order valence-corrected chi connectivity index (χ0v) is 6.56. The van der Waals surface area contributed by atoms with Crippen LogP contribution in [0, 0.1) is 0 Å². The van der Waals surface area contributed by atoms with Crippen molar-refractivity contribution in [1.29, 1.82) is 0 Å². The summed E-state index contributed by atoms with van der Waals surface area (Å²) in [6.07, 6.45) is 1.26. The number of nitrogens with two attached hydrogens (primary N) is 1. The van der Waals surface area contributed by atoms with Gasteiger partial charge in [-0.15, -0.1) is 0 Å². The van der Waals surface area contributed by atoms with Crippen molar-refractivity contribution in [3.8, 4) is 0 Å². The van der Waals surface area contributed by atoms with E-state index in [1.807, 2.05) is 0 Å². The quantitative estimate of drug-likeness (QED) is 0.530. The summed E-state index contributed by atoms with van der Waals surface area (Å²) in [5, 5.41) is 0. The first-order valence-electron chi connectivity index (χ1n) is 3.25. The molecule has 1 heterocycles. The number of primary amides is 1. The van der Waals surface area contributed by atoms with Crippen LogP contribution >= 0.6 is 12.6 Å². The molecule has 4 heteroatoms. The minimum absolute atomic E-state index is 0.334. The lowest BCUT2D eigenvalue weighted by Gasteiger charge is -2.28. The van der Waals surface area contributed by atoms with E-state index in [4.69, 9.17) is 10.5 Å². The molecule has 0 aromatic carbocycles. The lowest BCUT2D eigenvalue weighted by molar-refractivity contribution is -0.122. The van der Waals surface area contributed by atoms with Gasteiger partial charge in [0.15, 0.2) is 0 Å². The third kappa shape index (κ3) is 1.44. The molecule has 3 nitrogen and oxygen atoms in total. The summed E-state index contributed by atoms with van der Waals surface area (Å²) in [4.78, 5) is 10.8. The Hall–Kier alpha value is -0.220. The van der Waals surface area contributed by atoms with Gasteiger partial charge in [-0.05, 0) is 12.8 Å². The van der Waals surface area contributed by atoms with Gasteiger partial charge < -0.3 is 10.5 Å². The first-order chi connectivity index (χ1) is 4.65. The third-order valence-electron chi connectivity index (χ3n) is 1.78. The van der Waals surface area contributed by atoms with E-state index in [-0.39, 0.29) is 5.91 Å². The van der Waals surface area contributed by atoms with E-state index in [0.717, 1.165) is 0 Å². The van der Waals surface area contributed by atoms with E-state index in [0.29, 0.717) is 26.1 Å². The highest BCUT2D eigenvalue weighted by atomic mass is 32.1. The maximum absolute atomic E-state index is 10.8. The summed E-state index contributed by atoms with van der Waals surface area (Å²) in [7, 11) is 0. The minimum Gasteiger partial charge on any atom is -0.381 e. The van der Waals surface area contributed by atoms with E-state index < -0.39 is 4.75 Å². The smallest absolute Gasteiger partial charge is 0.233 e. The number of rotatable bonds is 1. The Labute approximate surface area is 65.3 Å². The molecule has 0 aliphatic carbocycles. The van der Waals surface area contributed by atoms with Crippen LogP contribution in [0.1, 0.15) is 12.8 Å². The summed E-state index contributed by atoms with van der Waals surface area (Å²) in [6.45, 7) is 1.18. The number of carbonyl (C=O) groups is 1. The number of hydrogen-bond acceptors (Lipinski definition) is 3. The van der Waals surface area contributed by atoms with Crippen LogP contribution in [0.2, 0.25) is 0 Å². The second-order valence-electron chi connectivity index (χ2n) is 2.51. The summed E-state index contributed by atoms with van der Waals surface area (Å²) < 4.78 is 4.45. The van der Waals surface area contributed by atoms with Crippen LogP contribution in [0.15, 0.2) is 0 Å². The Morgan fingerprint density at radius 2 is 2.00 bits per heavy atom. The molecule has 58 valence electrons. The summed E-state index contributed by atoms with van der Waals surface area (Å²) in [6, 6.07) is 0. The Morgan fingerprint density at radius 1 is 1.50 bits per heavy atom. The lowest BCUT2D eigenvalue weighted by Crippen LogP contribution is -2.43. The molecule has 1 aliphatic rings. The van der Waals surface area contributed by atoms with Gasteiger partial charge in [-0.25, -0.2) is 0 Å². The molecule has 0 atom stereocenters. The fourth-order valence-electron chi connectivity index (χ4n) is 0.955. The van der Waals surface area contributed by atoms with E-state index in [1.54, 1.807) is 0 Å². The van der Waals surface area contributed by atoms with Crippen LogP contribution in [0.4, 0.5) is 0 Å². The molecular formula is C6H11NO2S. The summed E-state index contributed by atoms with van der Waals surface area (Å²) in [5.74, 6) is -0.334. The van der Waals surface area contributed by atoms with Gasteiger partial charge in [-0.2, -0.15) is 12.6 Å². The molecule has 0 aromatic heterocycles. The Morgan fingerprint density at radius 3 is 2.30 bits per heavy atom. The van der Waals surface area contributed by atoms with Gasteiger partial charge in [0.25, 0.3) is 0 Å². The topological polar surface area (TPSA) is 52.3 Å². The molecule has 1 rings (SSSR count). The summed E-state index contributed by atoms with van der Waals surface area (Å²) in [5.41, 5.74) is 5.13. The molecule has 1 saturated heterocycles. The first kappa shape index (κ1) is 7.88. The maximum Gasteiger partial charge on any atom is 0.233 e. The molecule has 0 bridgehead atoms. The van der Waals surface area contributed by atoms with Crippen molar-refractivity contribution in [2.24, 2.45) is 5.73 Å². The Bertz CT molecular complexity index is 143. The van der Waals surface area contributed by atoms with Crippen LogP contribution in [0.25, 0.3) is 0 Å². The molecule has 10 heavy (non-hydrogen) atoms. The fraction of sp³-hybridized carbons (Fsp3) is 0.833. The van der Waals surface area contributed by atoms with Crippen molar-refractivity contribution in [2.75, 3.05) is 13.2 Å². The van der Waals surface area contributed by atoms with E-state index in [9.17, 15) is 4.79 Å². The van der Waals surface area contributed by atoms with Crippen molar-refractivity contribution in [3.05, 3.63) is 0 Å². The zero-order valence-electron chi connectivity index (χ0n) is 5.67. The highest BCUT2D eigenvalue weighted by molar-refractivity contribution is 7.82. The van der Waals surface area contributed by atoms with Crippen LogP contribution in [0.3, 0.4) is 0 Å². The zero-order chi connectivity index (χ0) is 7.61. The molecular weight excluding hydrogens is 150 g/mol. The van der Waals surface area contributed by atoms with Crippen molar-refractivity contribution in [2.45, 2.75) is 17.6 Å².